The van der Waals surface area contributed by atoms with Gasteiger partial charge in [0.15, 0.2) is 0 Å². The van der Waals surface area contributed by atoms with Gasteiger partial charge in [-0.3, -0.25) is 4.79 Å². The van der Waals surface area contributed by atoms with E-state index in [0.717, 1.165) is 54.7 Å². The van der Waals surface area contributed by atoms with Crippen molar-refractivity contribution in [2.75, 3.05) is 31.1 Å². The van der Waals surface area contributed by atoms with Crippen LogP contribution in [0.2, 0.25) is 0 Å². The number of amides is 1. The zero-order valence-electron chi connectivity index (χ0n) is 20.1. The number of carbonyl (C=O) groups excluding carboxylic acids is 1. The van der Waals surface area contributed by atoms with Gasteiger partial charge in [-0.25, -0.2) is 9.37 Å². The molecule has 1 aromatic heterocycles. The Bertz CT molecular complexity index is 1170. The molecule has 2 aromatic rings. The summed E-state index contributed by atoms with van der Waals surface area (Å²) in [6.07, 6.45) is 5.38. The number of aromatic nitrogens is 1. The van der Waals surface area contributed by atoms with Crippen LogP contribution in [-0.4, -0.2) is 54.2 Å². The molecule has 1 saturated heterocycles. The van der Waals surface area contributed by atoms with Gasteiger partial charge in [0, 0.05) is 37.7 Å². The summed E-state index contributed by atoms with van der Waals surface area (Å²) in [7, 11) is 0. The number of rotatable bonds is 7. The summed E-state index contributed by atoms with van der Waals surface area (Å²) in [5.74, 6) is 1.61. The molecule has 3 aliphatic carbocycles. The van der Waals surface area contributed by atoms with Gasteiger partial charge >= 0.3 is 0 Å². The fourth-order valence-corrected chi connectivity index (χ4v) is 5.57. The van der Waals surface area contributed by atoms with Crippen molar-refractivity contribution in [3.63, 3.8) is 0 Å². The van der Waals surface area contributed by atoms with Crippen LogP contribution >= 0.6 is 0 Å². The third-order valence-corrected chi connectivity index (χ3v) is 7.87. The summed E-state index contributed by atoms with van der Waals surface area (Å²) in [5.41, 5.74) is 3.37. The average molecular weight is 475 g/mol. The third-order valence-electron chi connectivity index (χ3n) is 7.87. The molecule has 1 unspecified atom stereocenters. The minimum Gasteiger partial charge on any atom is -0.378 e. The van der Waals surface area contributed by atoms with Gasteiger partial charge in [0.25, 0.3) is 0 Å². The fraction of sp³-hybridized carbons (Fsp3) is 0.536. The summed E-state index contributed by atoms with van der Waals surface area (Å²) in [6, 6.07) is 10.9. The van der Waals surface area contributed by atoms with Crippen LogP contribution in [0.4, 0.5) is 10.2 Å². The molecule has 0 spiro atoms. The minimum absolute atomic E-state index is 0.00649. The van der Waals surface area contributed by atoms with Crippen molar-refractivity contribution in [1.29, 1.82) is 5.26 Å². The normalized spacial score (nSPS) is 25.9. The summed E-state index contributed by atoms with van der Waals surface area (Å²) in [5, 5.41) is 10.0. The highest BCUT2D eigenvalue weighted by Gasteiger charge is 2.50. The quantitative estimate of drug-likeness (QED) is 0.592. The van der Waals surface area contributed by atoms with E-state index in [0.29, 0.717) is 43.6 Å². The molecule has 0 N–H and O–H groups in total. The summed E-state index contributed by atoms with van der Waals surface area (Å²) < 4.78 is 19.2. The third kappa shape index (κ3) is 4.40. The zero-order chi connectivity index (χ0) is 24.1. The van der Waals surface area contributed by atoms with E-state index in [4.69, 9.17) is 9.72 Å². The molecule has 1 aliphatic heterocycles. The van der Waals surface area contributed by atoms with Gasteiger partial charge in [0.1, 0.15) is 17.7 Å². The number of nitrogens with zero attached hydrogens (tertiary/aromatic N) is 4. The van der Waals surface area contributed by atoms with Crippen LogP contribution in [-0.2, 0) is 9.53 Å². The monoisotopic (exact) mass is 474 g/mol. The Morgan fingerprint density at radius 1 is 1.20 bits per heavy atom. The first-order valence-corrected chi connectivity index (χ1v) is 12.9. The summed E-state index contributed by atoms with van der Waals surface area (Å²) >= 11 is 0. The number of ether oxygens (including phenoxy) is 1. The molecule has 0 bridgehead atoms. The summed E-state index contributed by atoms with van der Waals surface area (Å²) in [6.45, 7) is 4.66. The lowest BCUT2D eigenvalue weighted by molar-refractivity contribution is -0.136. The second kappa shape index (κ2) is 8.91. The number of benzene rings is 1. The molecule has 35 heavy (non-hydrogen) atoms. The highest BCUT2D eigenvalue weighted by molar-refractivity contribution is 5.83. The van der Waals surface area contributed by atoms with E-state index in [2.05, 4.69) is 15.9 Å². The van der Waals surface area contributed by atoms with Crippen molar-refractivity contribution in [1.82, 2.24) is 9.88 Å². The molecule has 2 heterocycles. The molecular formula is C28H31FN4O2. The van der Waals surface area contributed by atoms with E-state index >= 15 is 0 Å². The Morgan fingerprint density at radius 3 is 2.63 bits per heavy atom. The Balaban J connectivity index is 1.28. The molecule has 6 rings (SSSR count). The van der Waals surface area contributed by atoms with Crippen LogP contribution in [0.5, 0.6) is 0 Å². The minimum atomic E-state index is -0.274. The Kier molecular flexibility index (Phi) is 5.72. The van der Waals surface area contributed by atoms with Crippen molar-refractivity contribution < 1.29 is 13.9 Å². The predicted molar refractivity (Wildman–Crippen MR) is 130 cm³/mol. The second-order valence-electron chi connectivity index (χ2n) is 10.4. The van der Waals surface area contributed by atoms with E-state index in [1.54, 1.807) is 12.1 Å². The number of carbonyl (C=O) groups is 1. The number of halogens is 1. The van der Waals surface area contributed by atoms with Gasteiger partial charge < -0.3 is 14.5 Å². The number of hydrogen-bond acceptors (Lipinski definition) is 5. The van der Waals surface area contributed by atoms with Crippen LogP contribution in [0.15, 0.2) is 30.3 Å². The first-order valence-electron chi connectivity index (χ1n) is 12.9. The molecule has 3 saturated carbocycles. The number of anilines is 1. The fourth-order valence-electron chi connectivity index (χ4n) is 5.57. The van der Waals surface area contributed by atoms with Crippen molar-refractivity contribution in [2.45, 2.75) is 57.1 Å². The Morgan fingerprint density at radius 2 is 1.97 bits per heavy atom. The lowest BCUT2D eigenvalue weighted by Gasteiger charge is -2.43. The largest absolute Gasteiger partial charge is 0.378 e. The molecule has 1 amide bonds. The van der Waals surface area contributed by atoms with E-state index < -0.39 is 0 Å². The molecule has 6 nitrogen and oxygen atoms in total. The Labute approximate surface area is 205 Å². The average Bonchev–Trinajstić information content (AvgIpc) is 3.73. The van der Waals surface area contributed by atoms with Gasteiger partial charge in [-0.2, -0.15) is 5.26 Å². The lowest BCUT2D eigenvalue weighted by Crippen LogP contribution is -2.57. The van der Waals surface area contributed by atoms with Gasteiger partial charge in [-0.05, 0) is 68.7 Å². The maximum atomic E-state index is 13.5. The molecule has 1 aromatic carbocycles. The number of piperazine rings is 1. The number of hydrogen-bond donors (Lipinski definition) is 0. The number of pyridine rings is 1. The zero-order valence-corrected chi connectivity index (χ0v) is 20.1. The molecule has 4 aliphatic rings. The van der Waals surface area contributed by atoms with Gasteiger partial charge in [0.05, 0.1) is 29.3 Å². The van der Waals surface area contributed by atoms with Crippen LogP contribution in [0, 0.1) is 29.0 Å². The van der Waals surface area contributed by atoms with Gasteiger partial charge in [-0.15, -0.1) is 0 Å². The molecule has 0 radical (unpaired) electrons. The standard InChI is InChI=1S/C28H31FN4O2/c1-2-35-25-14-23(25)28(34)33-12-11-32(16-24(33)18-3-4-18)27-20(15-30)13-22(26(31-27)19-5-6-19)17-7-9-21(29)10-8-17/h7-10,13,18-19,23-25H,2-6,11-12,14,16H2,1H3/t23-,24?,25+/m1/s1. The van der Waals surface area contributed by atoms with Crippen LogP contribution in [0.1, 0.15) is 56.2 Å². The Hall–Kier alpha value is -2.98. The van der Waals surface area contributed by atoms with E-state index in [1.807, 2.05) is 13.0 Å². The van der Waals surface area contributed by atoms with Crippen molar-refractivity contribution in [2.24, 2.45) is 11.8 Å². The molecule has 182 valence electrons. The van der Waals surface area contributed by atoms with E-state index in [9.17, 15) is 14.4 Å². The topological polar surface area (TPSA) is 69.5 Å². The maximum Gasteiger partial charge on any atom is 0.228 e. The first-order chi connectivity index (χ1) is 17.1. The SMILES string of the molecule is CCO[C@H]1C[C@H]1C(=O)N1CCN(c2nc(C3CC3)c(-c3ccc(F)cc3)cc2C#N)CC1C1CC1. The van der Waals surface area contributed by atoms with Crippen molar-refractivity contribution in [3.05, 3.63) is 47.4 Å². The highest BCUT2D eigenvalue weighted by atomic mass is 19.1. The van der Waals surface area contributed by atoms with E-state index in [1.165, 1.54) is 12.1 Å². The van der Waals surface area contributed by atoms with Gasteiger partial charge in [-0.1, -0.05) is 12.1 Å². The predicted octanol–water partition coefficient (Wildman–Crippen LogP) is 4.49. The van der Waals surface area contributed by atoms with Crippen LogP contribution in [0.25, 0.3) is 11.1 Å². The van der Waals surface area contributed by atoms with E-state index in [-0.39, 0.29) is 29.8 Å². The van der Waals surface area contributed by atoms with Crippen molar-refractivity contribution >= 4 is 11.7 Å². The van der Waals surface area contributed by atoms with Crippen molar-refractivity contribution in [3.8, 4) is 17.2 Å². The second-order valence-corrected chi connectivity index (χ2v) is 10.4. The highest BCUT2D eigenvalue weighted by Crippen LogP contribution is 2.46. The molecule has 3 atom stereocenters. The smallest absolute Gasteiger partial charge is 0.228 e. The van der Waals surface area contributed by atoms with Crippen LogP contribution in [0.3, 0.4) is 0 Å². The molecular weight excluding hydrogens is 443 g/mol. The van der Waals surface area contributed by atoms with Crippen LogP contribution < -0.4 is 4.90 Å². The molecule has 7 heteroatoms. The van der Waals surface area contributed by atoms with Gasteiger partial charge in [0.2, 0.25) is 5.91 Å². The molecule has 4 fully saturated rings. The summed E-state index contributed by atoms with van der Waals surface area (Å²) in [4.78, 5) is 22.7. The first kappa shape index (κ1) is 22.5. The lowest BCUT2D eigenvalue weighted by atomic mass is 9.98. The maximum absolute atomic E-state index is 13.5. The number of nitriles is 1.